The number of fused-ring (bicyclic) bond motifs is 4. The molecule has 4 aliphatic rings. The van der Waals surface area contributed by atoms with Crippen LogP contribution >= 0.6 is 0 Å². The van der Waals surface area contributed by atoms with Crippen LogP contribution < -0.4 is 10.6 Å². The first-order valence-electron chi connectivity index (χ1n) is 18.3. The van der Waals surface area contributed by atoms with Gasteiger partial charge >= 0.3 is 0 Å². The molecule has 0 amide bonds. The van der Waals surface area contributed by atoms with Crippen LogP contribution in [0, 0.1) is 44.9 Å². The Morgan fingerprint density at radius 3 is 0.788 bits per heavy atom. The van der Waals surface area contributed by atoms with Crippen LogP contribution in [0.2, 0.25) is 0 Å². The van der Waals surface area contributed by atoms with E-state index in [9.17, 15) is 27.2 Å². The summed E-state index contributed by atoms with van der Waals surface area (Å²) < 4.78 is 53.6. The zero-order chi connectivity index (χ0) is 37.1. The van der Waals surface area contributed by atoms with E-state index in [4.69, 9.17) is 0 Å². The quantitative estimate of drug-likeness (QED) is 0.207. The number of piperidine rings is 2. The highest BCUT2D eigenvalue weighted by Crippen LogP contribution is 2.60. The van der Waals surface area contributed by atoms with Crippen LogP contribution in [0.4, 0.5) is 17.6 Å². The van der Waals surface area contributed by atoms with Gasteiger partial charge in [-0.3, -0.25) is 9.59 Å². The molecule has 2 aliphatic heterocycles. The second kappa shape index (κ2) is 13.4. The van der Waals surface area contributed by atoms with E-state index in [0.717, 1.165) is 60.8 Å². The number of carbonyl (C=O) groups is 2. The number of rotatable bonds is 4. The minimum Gasteiger partial charge on any atom is -0.301 e. The van der Waals surface area contributed by atoms with Gasteiger partial charge in [-0.25, -0.2) is 17.6 Å². The highest BCUT2D eigenvalue weighted by Gasteiger charge is 2.61. The zero-order valence-electron chi connectivity index (χ0n) is 30.1. The molecule has 4 aromatic rings. The number of ketones is 2. The highest BCUT2D eigenvalue weighted by atomic mass is 19.1. The molecular weight excluding hydrogens is 664 g/mol. The molecule has 4 bridgehead atoms. The maximum absolute atomic E-state index is 13.6. The lowest BCUT2D eigenvalue weighted by Gasteiger charge is -2.56. The van der Waals surface area contributed by atoms with Crippen molar-refractivity contribution in [3.05, 3.63) is 143 Å². The fourth-order valence-electron chi connectivity index (χ4n) is 10.1. The number of Topliss-reactive ketones (excluding diaryl/α,β-unsaturated/α-hetero) is 2. The first-order chi connectivity index (χ1) is 24.7. The van der Waals surface area contributed by atoms with Gasteiger partial charge in [0.25, 0.3) is 0 Å². The molecule has 8 rings (SSSR count). The number of carbonyl (C=O) groups excluding carboxylic acids is 2. The first kappa shape index (κ1) is 36.2. The summed E-state index contributed by atoms with van der Waals surface area (Å²) in [5.74, 6) is -0.652. The van der Waals surface area contributed by atoms with Crippen LogP contribution in [0.15, 0.2) is 97.1 Å². The van der Waals surface area contributed by atoms with Gasteiger partial charge in [0.2, 0.25) is 0 Å². The molecule has 2 saturated carbocycles. The lowest BCUT2D eigenvalue weighted by molar-refractivity contribution is -0.154. The van der Waals surface area contributed by atoms with Crippen molar-refractivity contribution in [2.75, 3.05) is 0 Å². The van der Waals surface area contributed by atoms with E-state index in [-0.39, 0.29) is 59.0 Å². The normalized spacial score (nSPS) is 33.9. The van der Waals surface area contributed by atoms with Crippen LogP contribution in [-0.4, -0.2) is 11.6 Å². The second-order valence-corrected chi connectivity index (χ2v) is 16.3. The van der Waals surface area contributed by atoms with Gasteiger partial charge in [0.05, 0.1) is 0 Å². The lowest BCUT2D eigenvalue weighted by Crippen LogP contribution is -2.61. The van der Waals surface area contributed by atoms with Gasteiger partial charge in [-0.05, 0) is 96.5 Å². The maximum Gasteiger partial charge on any atom is 0.148 e. The molecule has 0 spiro atoms. The fraction of sp³-hybridized carbons (Fsp3) is 0.409. The summed E-state index contributed by atoms with van der Waals surface area (Å²) in [5.41, 5.74) is 1.55. The minimum absolute atomic E-state index is 0.195. The van der Waals surface area contributed by atoms with E-state index in [1.54, 1.807) is 48.5 Å². The molecule has 272 valence electrons. The lowest BCUT2D eigenvalue weighted by atomic mass is 9.52. The molecule has 2 N–H and O–H groups in total. The summed E-state index contributed by atoms with van der Waals surface area (Å²) in [6.07, 6.45) is 5.18. The van der Waals surface area contributed by atoms with E-state index >= 15 is 0 Å². The molecule has 8 heteroatoms. The molecule has 4 nitrogen and oxygen atoms in total. The number of hydrogen-bond acceptors (Lipinski definition) is 4. The second-order valence-electron chi connectivity index (χ2n) is 16.3. The monoisotopic (exact) mass is 710 g/mol. The third-order valence-electron chi connectivity index (χ3n) is 12.9. The van der Waals surface area contributed by atoms with Crippen molar-refractivity contribution in [3.8, 4) is 0 Å². The predicted molar refractivity (Wildman–Crippen MR) is 193 cm³/mol. The molecule has 0 unspecified atom stereocenters. The third kappa shape index (κ3) is 6.02. The molecule has 4 aromatic carbocycles. The molecular formula is C44H46F4N2O2. The zero-order valence-corrected chi connectivity index (χ0v) is 30.1. The van der Waals surface area contributed by atoms with Gasteiger partial charge in [-0.1, -0.05) is 89.1 Å². The van der Waals surface area contributed by atoms with Crippen LogP contribution in [0.25, 0.3) is 0 Å². The number of benzene rings is 4. The molecule has 0 aromatic heterocycles. The Bertz CT molecular complexity index is 1670. The van der Waals surface area contributed by atoms with Crippen molar-refractivity contribution >= 4 is 11.6 Å². The number of hydrogen-bond donors (Lipinski definition) is 2. The molecule has 52 heavy (non-hydrogen) atoms. The Hall–Kier alpha value is -4.14. The Labute approximate surface area is 303 Å². The average molecular weight is 711 g/mol. The summed E-state index contributed by atoms with van der Waals surface area (Å²) in [5, 5.41) is 7.35. The topological polar surface area (TPSA) is 58.2 Å². The number of nitrogens with one attached hydrogen (secondary N) is 2. The van der Waals surface area contributed by atoms with Crippen molar-refractivity contribution in [2.45, 2.75) is 90.4 Å². The van der Waals surface area contributed by atoms with Crippen LogP contribution in [0.5, 0.6) is 0 Å². The molecule has 0 radical (unpaired) electrons. The standard InChI is InChI=1S/2C22H23F2NO/c2*1-21-12-3-13-22(2,20(21)26)19(15-6-10-17(24)11-7-15)25-18(21)14-4-8-16(23)9-5-14/h2*4-11,18-19,25H,3,12-13H2,1-2H3/t2*18-,19+,21+,22-. The summed E-state index contributed by atoms with van der Waals surface area (Å²) in [6.45, 7) is 8.09. The van der Waals surface area contributed by atoms with E-state index in [1.165, 1.54) is 48.5 Å². The van der Waals surface area contributed by atoms with Crippen molar-refractivity contribution in [1.29, 1.82) is 0 Å². The summed E-state index contributed by atoms with van der Waals surface area (Å²) in [7, 11) is 0. The van der Waals surface area contributed by atoms with Crippen LogP contribution in [-0.2, 0) is 9.59 Å². The smallest absolute Gasteiger partial charge is 0.148 e. The fourth-order valence-corrected chi connectivity index (χ4v) is 10.1. The van der Waals surface area contributed by atoms with E-state index in [1.807, 2.05) is 27.7 Å². The van der Waals surface area contributed by atoms with Crippen LogP contribution in [0.3, 0.4) is 0 Å². The van der Waals surface area contributed by atoms with Crippen molar-refractivity contribution in [2.24, 2.45) is 21.7 Å². The average Bonchev–Trinajstić information content (AvgIpc) is 3.11. The molecule has 2 heterocycles. The molecule has 2 aliphatic carbocycles. The maximum atomic E-state index is 13.6. The van der Waals surface area contributed by atoms with Gasteiger partial charge in [0, 0.05) is 45.8 Å². The predicted octanol–water partition coefficient (Wildman–Crippen LogP) is 10.2. The van der Waals surface area contributed by atoms with Crippen molar-refractivity contribution in [3.63, 3.8) is 0 Å². The number of halogens is 4. The summed E-state index contributed by atoms with van der Waals surface area (Å²) in [6, 6.07) is 24.8. The van der Waals surface area contributed by atoms with Crippen molar-refractivity contribution in [1.82, 2.24) is 10.6 Å². The molecule has 4 fully saturated rings. The Balaban J connectivity index is 0.000000162. The van der Waals surface area contributed by atoms with E-state index < -0.39 is 21.7 Å². The largest absolute Gasteiger partial charge is 0.301 e. The first-order valence-corrected chi connectivity index (χ1v) is 18.3. The Morgan fingerprint density at radius 2 is 0.596 bits per heavy atom. The van der Waals surface area contributed by atoms with E-state index in [0.29, 0.717) is 0 Å². The SMILES string of the molecule is C[C@]12CCC[C@](C)(C1=O)[C@@H](c1ccc(F)cc1)N[C@H]2c1ccc(F)cc1.C[C@]12CCC[C@](C)(C1=O)[C@@H](c1ccc(F)cc1)N[C@H]2c1ccc(F)cc1. The highest BCUT2D eigenvalue weighted by molar-refractivity contribution is 5.94. The summed E-state index contributed by atoms with van der Waals surface area (Å²) in [4.78, 5) is 27.1. The molecule has 8 atom stereocenters. The van der Waals surface area contributed by atoms with Crippen LogP contribution in [0.1, 0.15) is 113 Å². The van der Waals surface area contributed by atoms with E-state index in [2.05, 4.69) is 10.6 Å². The third-order valence-corrected chi connectivity index (χ3v) is 12.9. The van der Waals surface area contributed by atoms with Gasteiger partial charge in [0.15, 0.2) is 0 Å². The Kier molecular flexibility index (Phi) is 9.31. The summed E-state index contributed by atoms with van der Waals surface area (Å²) >= 11 is 0. The van der Waals surface area contributed by atoms with Gasteiger partial charge in [0.1, 0.15) is 34.8 Å². The van der Waals surface area contributed by atoms with Gasteiger partial charge in [-0.2, -0.15) is 0 Å². The minimum atomic E-state index is -0.526. The molecule has 2 saturated heterocycles. The Morgan fingerprint density at radius 1 is 0.404 bits per heavy atom. The van der Waals surface area contributed by atoms with Gasteiger partial charge in [-0.15, -0.1) is 0 Å². The van der Waals surface area contributed by atoms with Crippen molar-refractivity contribution < 1.29 is 27.2 Å². The van der Waals surface area contributed by atoms with Gasteiger partial charge < -0.3 is 10.6 Å².